The molecular weight excluding hydrogens is 294 g/mol. The Balaban J connectivity index is 1.61. The van der Waals surface area contributed by atoms with E-state index in [-0.39, 0.29) is 24.5 Å². The van der Waals surface area contributed by atoms with Crippen LogP contribution in [0.5, 0.6) is 0 Å². The zero-order valence-electron chi connectivity index (χ0n) is 13.1. The molecule has 1 amide bonds. The Labute approximate surface area is 135 Å². The molecule has 0 radical (unpaired) electrons. The molecule has 6 nitrogen and oxygen atoms in total. The van der Waals surface area contributed by atoms with Crippen molar-refractivity contribution in [3.63, 3.8) is 0 Å². The molecule has 122 valence electrons. The Hall–Kier alpha value is -2.18. The van der Waals surface area contributed by atoms with Crippen molar-refractivity contribution in [2.75, 3.05) is 19.7 Å². The van der Waals surface area contributed by atoms with Crippen molar-refractivity contribution in [3.8, 4) is 0 Å². The molecule has 0 bridgehead atoms. The van der Waals surface area contributed by atoms with Gasteiger partial charge in [-0.25, -0.2) is 0 Å². The average Bonchev–Trinajstić information content (AvgIpc) is 3.14. The summed E-state index contributed by atoms with van der Waals surface area (Å²) in [5.74, 6) is 1.65. The summed E-state index contributed by atoms with van der Waals surface area (Å²) in [5, 5.41) is 12.6. The zero-order chi connectivity index (χ0) is 16.2. The largest absolute Gasteiger partial charge is 0.465 e. The molecule has 2 N–H and O–H groups in total. The predicted molar refractivity (Wildman–Crippen MR) is 84.8 cm³/mol. The number of rotatable bonds is 5. The molecule has 1 aliphatic heterocycles. The Kier molecular flexibility index (Phi) is 4.73. The maximum absolute atomic E-state index is 12.3. The number of furan rings is 1. The van der Waals surface area contributed by atoms with Crippen molar-refractivity contribution in [3.05, 3.63) is 53.7 Å². The minimum Gasteiger partial charge on any atom is -0.465 e. The number of hydrogen-bond donors (Lipinski definition) is 2. The number of nitrogens with zero attached hydrogens (tertiary/aromatic N) is 2. The van der Waals surface area contributed by atoms with Gasteiger partial charge in [0.2, 0.25) is 0 Å². The summed E-state index contributed by atoms with van der Waals surface area (Å²) in [6.07, 6.45) is 3.18. The molecular formula is C17H21N3O3. The van der Waals surface area contributed by atoms with Gasteiger partial charge >= 0.3 is 0 Å². The highest BCUT2D eigenvalue weighted by molar-refractivity contribution is 5.94. The number of carbonyl (C=O) groups excluding carboxylic acids is 1. The number of carbonyl (C=O) groups is 1. The van der Waals surface area contributed by atoms with E-state index in [9.17, 15) is 9.90 Å². The Morgan fingerprint density at radius 1 is 1.43 bits per heavy atom. The lowest BCUT2D eigenvalue weighted by molar-refractivity contribution is 0.0920. The number of amides is 1. The number of likely N-dealkylation sites (tertiary alicyclic amines) is 1. The molecule has 0 unspecified atom stereocenters. The zero-order valence-corrected chi connectivity index (χ0v) is 13.1. The second-order valence-corrected chi connectivity index (χ2v) is 5.97. The number of hydrogen-bond acceptors (Lipinski definition) is 5. The number of aryl methyl sites for hydroxylation is 1. The van der Waals surface area contributed by atoms with E-state index >= 15 is 0 Å². The minimum absolute atomic E-state index is 0.0201. The van der Waals surface area contributed by atoms with E-state index in [0.29, 0.717) is 18.7 Å². The van der Waals surface area contributed by atoms with Gasteiger partial charge in [-0.05, 0) is 31.2 Å². The first-order chi connectivity index (χ1) is 11.2. The van der Waals surface area contributed by atoms with Crippen LogP contribution >= 0.6 is 0 Å². The van der Waals surface area contributed by atoms with E-state index < -0.39 is 0 Å². The number of aliphatic hydroxyl groups excluding tert-OH is 1. The molecule has 0 spiro atoms. The van der Waals surface area contributed by atoms with Gasteiger partial charge in [0.05, 0.1) is 12.1 Å². The first-order valence-electron chi connectivity index (χ1n) is 7.75. The standard InChI is InChI=1S/C17H21N3O3/c1-12-4-5-15(23-12)9-20-8-14(11-21)16(10-20)19-17(22)13-3-2-6-18-7-13/h2-7,14,16,21H,8-11H2,1H3,(H,19,22)/t14-,16+/m0/s1. The van der Waals surface area contributed by atoms with Crippen LogP contribution < -0.4 is 5.32 Å². The summed E-state index contributed by atoms with van der Waals surface area (Å²) in [4.78, 5) is 18.4. The van der Waals surface area contributed by atoms with Crippen LogP contribution in [-0.4, -0.2) is 46.6 Å². The highest BCUT2D eigenvalue weighted by Gasteiger charge is 2.33. The lowest BCUT2D eigenvalue weighted by Crippen LogP contribution is -2.41. The third kappa shape index (κ3) is 3.78. The van der Waals surface area contributed by atoms with Crippen molar-refractivity contribution >= 4 is 5.91 Å². The molecule has 23 heavy (non-hydrogen) atoms. The van der Waals surface area contributed by atoms with Crippen molar-refractivity contribution in [2.24, 2.45) is 5.92 Å². The van der Waals surface area contributed by atoms with Crippen LogP contribution in [-0.2, 0) is 6.54 Å². The molecule has 1 fully saturated rings. The van der Waals surface area contributed by atoms with Crippen LogP contribution in [0.4, 0.5) is 0 Å². The van der Waals surface area contributed by atoms with E-state index in [1.807, 2.05) is 19.1 Å². The molecule has 1 aliphatic rings. The first kappa shape index (κ1) is 15.7. The van der Waals surface area contributed by atoms with Crippen LogP contribution in [0.25, 0.3) is 0 Å². The predicted octanol–water partition coefficient (Wildman–Crippen LogP) is 1.21. The van der Waals surface area contributed by atoms with Gasteiger partial charge in [0.1, 0.15) is 11.5 Å². The highest BCUT2D eigenvalue weighted by Crippen LogP contribution is 2.20. The number of pyridine rings is 1. The third-order valence-electron chi connectivity index (χ3n) is 4.17. The summed E-state index contributed by atoms with van der Waals surface area (Å²) in [7, 11) is 0. The minimum atomic E-state index is -0.155. The quantitative estimate of drug-likeness (QED) is 0.867. The molecule has 3 rings (SSSR count). The Morgan fingerprint density at radius 3 is 2.96 bits per heavy atom. The summed E-state index contributed by atoms with van der Waals surface area (Å²) in [6.45, 7) is 4.07. The fourth-order valence-electron chi connectivity index (χ4n) is 2.98. The smallest absolute Gasteiger partial charge is 0.253 e. The topological polar surface area (TPSA) is 78.6 Å². The van der Waals surface area contributed by atoms with Crippen LogP contribution in [0.15, 0.2) is 41.1 Å². The maximum Gasteiger partial charge on any atom is 0.253 e. The summed E-state index contributed by atoms with van der Waals surface area (Å²) in [5.41, 5.74) is 0.532. The fourth-order valence-corrected chi connectivity index (χ4v) is 2.98. The molecule has 0 saturated carbocycles. The van der Waals surface area contributed by atoms with Gasteiger partial charge in [0, 0.05) is 44.0 Å². The average molecular weight is 315 g/mol. The molecule has 0 aromatic carbocycles. The van der Waals surface area contributed by atoms with Crippen LogP contribution in [0.2, 0.25) is 0 Å². The van der Waals surface area contributed by atoms with Gasteiger partial charge in [0.15, 0.2) is 0 Å². The Bertz CT molecular complexity index is 656. The number of nitrogens with one attached hydrogen (secondary N) is 1. The van der Waals surface area contributed by atoms with Gasteiger partial charge in [-0.3, -0.25) is 14.7 Å². The molecule has 2 aromatic heterocycles. The lowest BCUT2D eigenvalue weighted by Gasteiger charge is -2.18. The highest BCUT2D eigenvalue weighted by atomic mass is 16.3. The second-order valence-electron chi connectivity index (χ2n) is 5.97. The van der Waals surface area contributed by atoms with Crippen LogP contribution in [0.1, 0.15) is 21.9 Å². The third-order valence-corrected chi connectivity index (χ3v) is 4.17. The summed E-state index contributed by atoms with van der Waals surface area (Å²) < 4.78 is 5.60. The monoisotopic (exact) mass is 315 g/mol. The second kappa shape index (κ2) is 6.93. The van der Waals surface area contributed by atoms with Crippen molar-refractivity contribution in [1.29, 1.82) is 0 Å². The fraction of sp³-hybridized carbons (Fsp3) is 0.412. The maximum atomic E-state index is 12.3. The van der Waals surface area contributed by atoms with Crippen molar-refractivity contribution < 1.29 is 14.3 Å². The SMILES string of the molecule is Cc1ccc(CN2C[C@@H](CO)[C@H](NC(=O)c3cccnc3)C2)o1. The van der Waals surface area contributed by atoms with Crippen LogP contribution in [0.3, 0.4) is 0 Å². The number of aromatic nitrogens is 1. The van der Waals surface area contributed by atoms with Crippen molar-refractivity contribution in [2.45, 2.75) is 19.5 Å². The molecule has 3 heterocycles. The molecule has 1 saturated heterocycles. The summed E-state index contributed by atoms with van der Waals surface area (Å²) >= 11 is 0. The lowest BCUT2D eigenvalue weighted by atomic mass is 10.0. The van der Waals surface area contributed by atoms with Crippen molar-refractivity contribution in [1.82, 2.24) is 15.2 Å². The molecule has 0 aliphatic carbocycles. The van der Waals surface area contributed by atoms with Gasteiger partial charge in [-0.2, -0.15) is 0 Å². The Morgan fingerprint density at radius 2 is 2.30 bits per heavy atom. The summed E-state index contributed by atoms with van der Waals surface area (Å²) in [6, 6.07) is 7.29. The molecule has 2 aromatic rings. The normalized spacial score (nSPS) is 21.5. The van der Waals surface area contributed by atoms with E-state index in [4.69, 9.17) is 4.42 Å². The van der Waals surface area contributed by atoms with E-state index in [0.717, 1.165) is 18.1 Å². The van der Waals surface area contributed by atoms with Crippen LogP contribution in [0, 0.1) is 12.8 Å². The van der Waals surface area contributed by atoms with E-state index in [2.05, 4.69) is 15.2 Å². The molecule has 6 heteroatoms. The molecule has 2 atom stereocenters. The van der Waals surface area contributed by atoms with Gasteiger partial charge in [0.25, 0.3) is 5.91 Å². The first-order valence-corrected chi connectivity index (χ1v) is 7.75. The van der Waals surface area contributed by atoms with Gasteiger partial charge in [-0.1, -0.05) is 0 Å². The van der Waals surface area contributed by atoms with E-state index in [1.54, 1.807) is 24.5 Å². The van der Waals surface area contributed by atoms with Gasteiger partial charge < -0.3 is 14.8 Å². The van der Waals surface area contributed by atoms with Gasteiger partial charge in [-0.15, -0.1) is 0 Å². The number of aliphatic hydroxyl groups is 1. The van der Waals surface area contributed by atoms with E-state index in [1.165, 1.54) is 0 Å².